The van der Waals surface area contributed by atoms with Crippen LogP contribution in [0.3, 0.4) is 0 Å². The van der Waals surface area contributed by atoms with E-state index in [0.29, 0.717) is 0 Å². The Hall–Kier alpha value is -2.40. The van der Waals surface area contributed by atoms with E-state index in [1.807, 2.05) is 26.2 Å². The fourth-order valence-corrected chi connectivity index (χ4v) is 3.69. The van der Waals surface area contributed by atoms with Gasteiger partial charge in [-0.25, -0.2) is 4.79 Å². The van der Waals surface area contributed by atoms with Crippen molar-refractivity contribution in [2.75, 3.05) is 18.4 Å². The van der Waals surface area contributed by atoms with Crippen LogP contribution in [0.5, 0.6) is 0 Å². The molecule has 0 atom stereocenters. The van der Waals surface area contributed by atoms with E-state index < -0.39 is 0 Å². The minimum absolute atomic E-state index is 0.104. The Morgan fingerprint density at radius 3 is 2.35 bits per heavy atom. The quantitative estimate of drug-likeness (QED) is 0.880. The summed E-state index contributed by atoms with van der Waals surface area (Å²) in [7, 11) is 0. The molecule has 3 rings (SSSR count). The van der Waals surface area contributed by atoms with Crippen molar-refractivity contribution >= 4 is 11.7 Å². The first kappa shape index (κ1) is 18.4. The lowest BCUT2D eigenvalue weighted by Gasteiger charge is -2.32. The number of aromatic nitrogens is 1. The van der Waals surface area contributed by atoms with Crippen LogP contribution in [-0.2, 0) is 6.54 Å². The topological polar surface area (TPSA) is 57.3 Å². The van der Waals surface area contributed by atoms with Gasteiger partial charge in [0.25, 0.3) is 0 Å². The summed E-state index contributed by atoms with van der Waals surface area (Å²) in [4.78, 5) is 18.9. The van der Waals surface area contributed by atoms with Crippen LogP contribution in [-0.4, -0.2) is 35.0 Å². The first-order valence-corrected chi connectivity index (χ1v) is 9.28. The highest BCUT2D eigenvalue weighted by Crippen LogP contribution is 2.22. The van der Waals surface area contributed by atoms with Gasteiger partial charge in [-0.3, -0.25) is 9.88 Å². The second-order valence-electron chi connectivity index (χ2n) is 7.28. The lowest BCUT2D eigenvalue weighted by molar-refractivity contribution is 0.190. The molecule has 2 amide bonds. The second kappa shape index (κ2) is 8.32. The van der Waals surface area contributed by atoms with Crippen LogP contribution in [0.25, 0.3) is 0 Å². The molecule has 138 valence electrons. The third kappa shape index (κ3) is 4.82. The van der Waals surface area contributed by atoms with Gasteiger partial charge in [-0.1, -0.05) is 17.7 Å². The van der Waals surface area contributed by atoms with Crippen LogP contribution >= 0.6 is 0 Å². The number of carbonyl (C=O) groups excluding carboxylic acids is 1. The van der Waals surface area contributed by atoms with Crippen LogP contribution in [0.1, 0.15) is 35.1 Å². The molecule has 0 bridgehead atoms. The number of pyridine rings is 1. The number of nitrogens with zero attached hydrogens (tertiary/aromatic N) is 2. The van der Waals surface area contributed by atoms with Crippen LogP contribution in [0.15, 0.2) is 36.7 Å². The molecule has 2 N–H and O–H groups in total. The van der Waals surface area contributed by atoms with Gasteiger partial charge < -0.3 is 10.6 Å². The van der Waals surface area contributed by atoms with E-state index in [0.717, 1.165) is 49.3 Å². The zero-order chi connectivity index (χ0) is 18.5. The van der Waals surface area contributed by atoms with Crippen molar-refractivity contribution in [1.29, 1.82) is 0 Å². The minimum Gasteiger partial charge on any atom is -0.335 e. The first-order chi connectivity index (χ1) is 12.5. The third-order valence-electron chi connectivity index (χ3n) is 4.99. The number of anilines is 1. The number of rotatable bonds is 4. The van der Waals surface area contributed by atoms with Gasteiger partial charge in [0, 0.05) is 43.8 Å². The normalized spacial score (nSPS) is 15.7. The number of piperidine rings is 1. The molecule has 1 saturated heterocycles. The van der Waals surface area contributed by atoms with Gasteiger partial charge in [0.15, 0.2) is 0 Å². The highest BCUT2D eigenvalue weighted by Gasteiger charge is 2.21. The van der Waals surface area contributed by atoms with Crippen molar-refractivity contribution in [3.05, 3.63) is 58.9 Å². The number of nitrogens with one attached hydrogen (secondary N) is 2. The highest BCUT2D eigenvalue weighted by molar-refractivity contribution is 5.91. The molecule has 5 heteroatoms. The number of amides is 2. The number of aryl methyl sites for hydroxylation is 3. The van der Waals surface area contributed by atoms with Gasteiger partial charge in [0.05, 0.1) is 0 Å². The maximum atomic E-state index is 12.4. The van der Waals surface area contributed by atoms with Crippen molar-refractivity contribution in [3.63, 3.8) is 0 Å². The molecule has 1 aliphatic rings. The molecular formula is C21H28N4O. The average Bonchev–Trinajstić information content (AvgIpc) is 2.61. The average molecular weight is 352 g/mol. The molecule has 1 fully saturated rings. The third-order valence-corrected chi connectivity index (χ3v) is 4.99. The second-order valence-corrected chi connectivity index (χ2v) is 7.28. The molecule has 0 aliphatic carbocycles. The lowest BCUT2D eigenvalue weighted by atomic mass is 10.0. The SMILES string of the molecule is Cc1cc(C)c(NC(=O)NC2CCN(Cc3ccncc3)CC2)c(C)c1. The first-order valence-electron chi connectivity index (χ1n) is 9.28. The Morgan fingerprint density at radius 2 is 1.73 bits per heavy atom. The predicted molar refractivity (Wildman–Crippen MR) is 105 cm³/mol. The fourth-order valence-electron chi connectivity index (χ4n) is 3.69. The maximum Gasteiger partial charge on any atom is 0.319 e. The number of likely N-dealkylation sites (tertiary alicyclic amines) is 1. The Labute approximate surface area is 155 Å². The molecule has 1 aromatic heterocycles. The molecule has 0 spiro atoms. The van der Waals surface area contributed by atoms with Gasteiger partial charge in [-0.15, -0.1) is 0 Å². The number of urea groups is 1. The molecule has 2 aromatic rings. The van der Waals surface area contributed by atoms with Crippen LogP contribution in [0.4, 0.5) is 10.5 Å². The molecule has 5 nitrogen and oxygen atoms in total. The summed E-state index contributed by atoms with van der Waals surface area (Å²) < 4.78 is 0. The molecule has 1 aromatic carbocycles. The van der Waals surface area contributed by atoms with E-state index >= 15 is 0 Å². The molecular weight excluding hydrogens is 324 g/mol. The zero-order valence-electron chi connectivity index (χ0n) is 15.9. The van der Waals surface area contributed by atoms with Crippen LogP contribution < -0.4 is 10.6 Å². The van der Waals surface area contributed by atoms with Gasteiger partial charge in [-0.05, 0) is 62.4 Å². The molecule has 1 aliphatic heterocycles. The predicted octanol–water partition coefficient (Wildman–Crippen LogP) is 3.79. The van der Waals surface area contributed by atoms with Crippen molar-refractivity contribution in [1.82, 2.24) is 15.2 Å². The smallest absolute Gasteiger partial charge is 0.319 e. The Bertz CT molecular complexity index is 729. The summed E-state index contributed by atoms with van der Waals surface area (Å²) in [5.41, 5.74) is 5.62. The Morgan fingerprint density at radius 1 is 1.12 bits per heavy atom. The molecule has 0 unspecified atom stereocenters. The van der Waals surface area contributed by atoms with E-state index in [2.05, 4.69) is 51.7 Å². The van der Waals surface area contributed by atoms with E-state index in [9.17, 15) is 4.79 Å². The molecule has 0 radical (unpaired) electrons. The Kier molecular flexibility index (Phi) is 5.89. The molecule has 0 saturated carbocycles. The summed E-state index contributed by atoms with van der Waals surface area (Å²) in [5.74, 6) is 0. The minimum atomic E-state index is -0.104. The fraction of sp³-hybridized carbons (Fsp3) is 0.429. The van der Waals surface area contributed by atoms with Crippen LogP contribution in [0.2, 0.25) is 0 Å². The zero-order valence-corrected chi connectivity index (χ0v) is 15.9. The largest absolute Gasteiger partial charge is 0.335 e. The van der Waals surface area contributed by atoms with E-state index in [-0.39, 0.29) is 12.1 Å². The van der Waals surface area contributed by atoms with Gasteiger partial charge in [-0.2, -0.15) is 0 Å². The summed E-state index contributed by atoms with van der Waals surface area (Å²) >= 11 is 0. The molecule has 26 heavy (non-hydrogen) atoms. The standard InChI is InChI=1S/C21H28N4O/c1-15-12-16(2)20(17(3)13-15)24-21(26)23-19-6-10-25(11-7-19)14-18-4-8-22-9-5-18/h4-5,8-9,12-13,19H,6-7,10-11,14H2,1-3H3,(H2,23,24,26). The number of hydrogen-bond donors (Lipinski definition) is 2. The number of hydrogen-bond acceptors (Lipinski definition) is 3. The van der Waals surface area contributed by atoms with Crippen molar-refractivity contribution < 1.29 is 4.79 Å². The lowest BCUT2D eigenvalue weighted by Crippen LogP contribution is -2.45. The highest BCUT2D eigenvalue weighted by atomic mass is 16.2. The molecule has 2 heterocycles. The number of benzene rings is 1. The maximum absolute atomic E-state index is 12.4. The Balaban J connectivity index is 1.48. The number of carbonyl (C=O) groups is 1. The summed E-state index contributed by atoms with van der Waals surface area (Å²) in [6.07, 6.45) is 5.63. The van der Waals surface area contributed by atoms with Gasteiger partial charge in [0.2, 0.25) is 0 Å². The van der Waals surface area contributed by atoms with E-state index in [4.69, 9.17) is 0 Å². The summed E-state index contributed by atoms with van der Waals surface area (Å²) in [5, 5.41) is 6.17. The summed E-state index contributed by atoms with van der Waals surface area (Å²) in [6.45, 7) is 9.08. The van der Waals surface area contributed by atoms with Crippen molar-refractivity contribution in [2.24, 2.45) is 0 Å². The van der Waals surface area contributed by atoms with Gasteiger partial charge >= 0.3 is 6.03 Å². The van der Waals surface area contributed by atoms with E-state index in [1.165, 1.54) is 11.1 Å². The monoisotopic (exact) mass is 352 g/mol. The van der Waals surface area contributed by atoms with Crippen molar-refractivity contribution in [2.45, 2.75) is 46.2 Å². The van der Waals surface area contributed by atoms with Crippen molar-refractivity contribution in [3.8, 4) is 0 Å². The van der Waals surface area contributed by atoms with Gasteiger partial charge in [0.1, 0.15) is 0 Å². The van der Waals surface area contributed by atoms with E-state index in [1.54, 1.807) is 0 Å². The van der Waals surface area contributed by atoms with Crippen LogP contribution in [0, 0.1) is 20.8 Å². The summed E-state index contributed by atoms with van der Waals surface area (Å²) in [6, 6.07) is 8.44.